The Labute approximate surface area is 116 Å². The van der Waals surface area contributed by atoms with Gasteiger partial charge in [-0.1, -0.05) is 18.6 Å². The van der Waals surface area contributed by atoms with Crippen molar-refractivity contribution in [1.82, 2.24) is 4.90 Å². The van der Waals surface area contributed by atoms with Crippen molar-refractivity contribution >= 4 is 0 Å². The summed E-state index contributed by atoms with van der Waals surface area (Å²) in [5.74, 6) is 1.64. The molecule has 1 aliphatic rings. The van der Waals surface area contributed by atoms with Crippen LogP contribution in [0.25, 0.3) is 0 Å². The lowest BCUT2D eigenvalue weighted by Gasteiger charge is -2.28. The lowest BCUT2D eigenvalue weighted by molar-refractivity contribution is 0.165. The summed E-state index contributed by atoms with van der Waals surface area (Å²) in [5, 5.41) is 0. The fourth-order valence-electron chi connectivity index (χ4n) is 3.05. The van der Waals surface area contributed by atoms with Gasteiger partial charge in [0.05, 0.1) is 0 Å². The highest BCUT2D eigenvalue weighted by molar-refractivity contribution is 5.27. The van der Waals surface area contributed by atoms with Crippen LogP contribution in [0.1, 0.15) is 24.8 Å². The number of nitrogens with zero attached hydrogens (tertiary/aromatic N) is 1. The first-order valence-electron chi connectivity index (χ1n) is 7.30. The van der Waals surface area contributed by atoms with E-state index in [9.17, 15) is 0 Å². The summed E-state index contributed by atoms with van der Waals surface area (Å²) in [4.78, 5) is 2.42. The van der Waals surface area contributed by atoms with Crippen LogP contribution in [0.15, 0.2) is 24.3 Å². The van der Waals surface area contributed by atoms with Gasteiger partial charge in [0, 0.05) is 12.6 Å². The molecule has 2 rings (SSSR count). The minimum Gasteiger partial charge on any atom is -0.492 e. The van der Waals surface area contributed by atoms with Gasteiger partial charge in [-0.25, -0.2) is 0 Å². The minimum atomic E-state index is 0.645. The molecule has 2 unspecified atom stereocenters. The predicted molar refractivity (Wildman–Crippen MR) is 79.5 cm³/mol. The molecule has 1 saturated carbocycles. The first-order chi connectivity index (χ1) is 9.20. The van der Waals surface area contributed by atoms with Crippen molar-refractivity contribution in [2.75, 3.05) is 26.7 Å². The van der Waals surface area contributed by atoms with E-state index in [0.29, 0.717) is 12.0 Å². The van der Waals surface area contributed by atoms with Gasteiger partial charge >= 0.3 is 0 Å². The van der Waals surface area contributed by atoms with Gasteiger partial charge in [-0.3, -0.25) is 4.90 Å². The molecule has 2 N–H and O–H groups in total. The van der Waals surface area contributed by atoms with Gasteiger partial charge in [0.1, 0.15) is 12.4 Å². The van der Waals surface area contributed by atoms with Crippen molar-refractivity contribution in [2.24, 2.45) is 11.7 Å². The molecule has 1 fully saturated rings. The van der Waals surface area contributed by atoms with Gasteiger partial charge in [-0.2, -0.15) is 0 Å². The Balaban J connectivity index is 1.76. The zero-order chi connectivity index (χ0) is 13.7. The minimum absolute atomic E-state index is 0.645. The molecule has 0 bridgehead atoms. The van der Waals surface area contributed by atoms with E-state index >= 15 is 0 Å². The number of benzene rings is 1. The molecule has 1 aromatic carbocycles. The van der Waals surface area contributed by atoms with Gasteiger partial charge < -0.3 is 10.5 Å². The smallest absolute Gasteiger partial charge is 0.119 e. The second-order valence-electron chi connectivity index (χ2n) is 5.64. The number of likely N-dealkylation sites (N-methyl/N-ethyl adjacent to an activating group) is 1. The predicted octanol–water partition coefficient (Wildman–Crippen LogP) is 2.43. The van der Waals surface area contributed by atoms with E-state index in [0.717, 1.165) is 25.4 Å². The molecule has 0 aromatic heterocycles. The second-order valence-corrected chi connectivity index (χ2v) is 5.64. The number of nitrogens with two attached hydrogens (primary N) is 1. The van der Waals surface area contributed by atoms with Gasteiger partial charge in [-0.05, 0) is 57.0 Å². The molecule has 19 heavy (non-hydrogen) atoms. The van der Waals surface area contributed by atoms with Crippen LogP contribution in [0.4, 0.5) is 0 Å². The fourth-order valence-corrected chi connectivity index (χ4v) is 3.05. The average molecular weight is 262 g/mol. The quantitative estimate of drug-likeness (QED) is 0.855. The third-order valence-corrected chi connectivity index (χ3v) is 4.19. The zero-order valence-corrected chi connectivity index (χ0v) is 12.1. The Morgan fingerprint density at radius 3 is 2.95 bits per heavy atom. The number of aryl methyl sites for hydroxylation is 1. The Hall–Kier alpha value is -1.06. The van der Waals surface area contributed by atoms with Crippen LogP contribution in [0.2, 0.25) is 0 Å². The van der Waals surface area contributed by atoms with Crippen LogP contribution in [0, 0.1) is 12.8 Å². The van der Waals surface area contributed by atoms with E-state index in [4.69, 9.17) is 10.5 Å². The Morgan fingerprint density at radius 1 is 1.37 bits per heavy atom. The van der Waals surface area contributed by atoms with Crippen molar-refractivity contribution in [2.45, 2.75) is 32.2 Å². The topological polar surface area (TPSA) is 38.5 Å². The van der Waals surface area contributed by atoms with Gasteiger partial charge in [0.15, 0.2) is 0 Å². The third-order valence-electron chi connectivity index (χ3n) is 4.19. The first kappa shape index (κ1) is 14.4. The highest BCUT2D eigenvalue weighted by Crippen LogP contribution is 2.28. The number of hydrogen-bond acceptors (Lipinski definition) is 3. The van der Waals surface area contributed by atoms with Crippen LogP contribution >= 0.6 is 0 Å². The van der Waals surface area contributed by atoms with E-state index < -0.39 is 0 Å². The fraction of sp³-hybridized carbons (Fsp3) is 0.625. The Morgan fingerprint density at radius 2 is 2.21 bits per heavy atom. The molecule has 2 atom stereocenters. The standard InChI is InChI=1S/C16H26N2O/c1-13-5-3-7-15(11-13)19-10-9-18(2)16-8-4-6-14(16)12-17/h3,5,7,11,14,16H,4,6,8-10,12,17H2,1-2H3. The largest absolute Gasteiger partial charge is 0.492 e. The summed E-state index contributed by atoms with van der Waals surface area (Å²) in [6.07, 6.45) is 3.88. The maximum Gasteiger partial charge on any atom is 0.119 e. The molecule has 1 aromatic rings. The van der Waals surface area contributed by atoms with Crippen LogP contribution < -0.4 is 10.5 Å². The normalized spacial score (nSPS) is 22.9. The van der Waals surface area contributed by atoms with Gasteiger partial charge in [0.2, 0.25) is 0 Å². The Kier molecular flexibility index (Phi) is 5.23. The summed E-state index contributed by atoms with van der Waals surface area (Å²) in [7, 11) is 2.19. The second kappa shape index (κ2) is 6.92. The van der Waals surface area contributed by atoms with Gasteiger partial charge in [0.25, 0.3) is 0 Å². The van der Waals surface area contributed by atoms with Crippen LogP contribution in [-0.2, 0) is 0 Å². The summed E-state index contributed by atoms with van der Waals surface area (Å²) >= 11 is 0. The average Bonchev–Trinajstić information content (AvgIpc) is 2.87. The first-order valence-corrected chi connectivity index (χ1v) is 7.30. The zero-order valence-electron chi connectivity index (χ0n) is 12.1. The molecule has 3 heteroatoms. The number of rotatable bonds is 6. The number of hydrogen-bond donors (Lipinski definition) is 1. The van der Waals surface area contributed by atoms with Gasteiger partial charge in [-0.15, -0.1) is 0 Å². The monoisotopic (exact) mass is 262 g/mol. The molecule has 0 heterocycles. The molecule has 3 nitrogen and oxygen atoms in total. The summed E-state index contributed by atoms with van der Waals surface area (Å²) in [6, 6.07) is 8.87. The van der Waals surface area contributed by atoms with Crippen molar-refractivity contribution in [1.29, 1.82) is 0 Å². The molecule has 0 aliphatic heterocycles. The van der Waals surface area contributed by atoms with Crippen molar-refractivity contribution in [3.63, 3.8) is 0 Å². The molecule has 106 valence electrons. The maximum atomic E-state index is 5.84. The summed E-state index contributed by atoms with van der Waals surface area (Å²) < 4.78 is 5.81. The third kappa shape index (κ3) is 3.95. The van der Waals surface area contributed by atoms with E-state index in [1.54, 1.807) is 0 Å². The van der Waals surface area contributed by atoms with Crippen molar-refractivity contribution in [3.8, 4) is 5.75 Å². The SMILES string of the molecule is Cc1cccc(OCCN(C)C2CCCC2CN)c1. The molecule has 0 amide bonds. The molecule has 0 spiro atoms. The van der Waals surface area contributed by atoms with E-state index in [-0.39, 0.29) is 0 Å². The highest BCUT2D eigenvalue weighted by Gasteiger charge is 2.28. The maximum absolute atomic E-state index is 5.84. The highest BCUT2D eigenvalue weighted by atomic mass is 16.5. The molecule has 1 aliphatic carbocycles. The molecular formula is C16H26N2O. The van der Waals surface area contributed by atoms with E-state index in [2.05, 4.69) is 31.0 Å². The van der Waals surface area contributed by atoms with Crippen molar-refractivity contribution < 1.29 is 4.74 Å². The summed E-state index contributed by atoms with van der Waals surface area (Å²) in [5.41, 5.74) is 7.08. The lowest BCUT2D eigenvalue weighted by atomic mass is 10.0. The Bertz CT molecular complexity index is 394. The molecule has 0 saturated heterocycles. The number of ether oxygens (including phenoxy) is 1. The van der Waals surface area contributed by atoms with Crippen LogP contribution in [0.3, 0.4) is 0 Å². The van der Waals surface area contributed by atoms with E-state index in [1.807, 2.05) is 12.1 Å². The van der Waals surface area contributed by atoms with E-state index in [1.165, 1.54) is 24.8 Å². The van der Waals surface area contributed by atoms with Crippen LogP contribution in [-0.4, -0.2) is 37.7 Å². The van der Waals surface area contributed by atoms with Crippen molar-refractivity contribution in [3.05, 3.63) is 29.8 Å². The molecule has 0 radical (unpaired) electrons. The molecular weight excluding hydrogens is 236 g/mol. The summed E-state index contributed by atoms with van der Waals surface area (Å²) in [6.45, 7) is 4.61. The van der Waals surface area contributed by atoms with Crippen LogP contribution in [0.5, 0.6) is 5.75 Å². The lowest BCUT2D eigenvalue weighted by Crippen LogP contribution is -2.39.